The normalized spacial score (nSPS) is 10.7. The van der Waals surface area contributed by atoms with Crippen LogP contribution >= 0.6 is 0 Å². The van der Waals surface area contributed by atoms with Crippen LogP contribution in [-0.2, 0) is 6.54 Å². The molecule has 0 unspecified atom stereocenters. The topological polar surface area (TPSA) is 46.9 Å². The molecule has 4 heteroatoms. The first-order chi connectivity index (χ1) is 10.6. The number of unbranched alkanes of at least 4 members (excludes halogenated alkanes) is 2. The smallest absolute Gasteiger partial charge is 0.253 e. The highest BCUT2D eigenvalue weighted by molar-refractivity contribution is 5.95. The molecule has 22 heavy (non-hydrogen) atoms. The Morgan fingerprint density at radius 2 is 2.09 bits per heavy atom. The minimum Gasteiger partial charge on any atom is -0.352 e. The molecule has 2 heterocycles. The lowest BCUT2D eigenvalue weighted by molar-refractivity contribution is 0.0952. The minimum absolute atomic E-state index is 0.0245. The fourth-order valence-electron chi connectivity index (χ4n) is 2.60. The zero-order valence-electron chi connectivity index (χ0n) is 13.7. The average Bonchev–Trinajstić information content (AvgIpc) is 2.81. The van der Waals surface area contributed by atoms with Crippen molar-refractivity contribution in [2.24, 2.45) is 0 Å². The van der Waals surface area contributed by atoms with Gasteiger partial charge in [0.25, 0.3) is 5.91 Å². The Morgan fingerprint density at radius 1 is 1.27 bits per heavy atom. The molecule has 1 N–H and O–H groups in total. The maximum atomic E-state index is 12.3. The number of nitrogens with one attached hydrogen (secondary N) is 1. The van der Waals surface area contributed by atoms with Crippen LogP contribution in [0.2, 0.25) is 0 Å². The van der Waals surface area contributed by atoms with Gasteiger partial charge in [-0.1, -0.05) is 25.8 Å². The second-order valence-corrected chi connectivity index (χ2v) is 5.66. The molecule has 0 fully saturated rings. The van der Waals surface area contributed by atoms with Crippen LogP contribution in [0, 0.1) is 13.8 Å². The fourth-order valence-corrected chi connectivity index (χ4v) is 2.60. The molecule has 0 aliphatic carbocycles. The van der Waals surface area contributed by atoms with E-state index in [1.807, 2.05) is 38.1 Å². The Bertz CT molecular complexity index is 617. The Kier molecular flexibility index (Phi) is 5.75. The number of nitrogens with zero attached hydrogens (tertiary/aromatic N) is 2. The number of aryl methyl sites for hydroxylation is 1. The Morgan fingerprint density at radius 3 is 2.77 bits per heavy atom. The SMILES string of the molecule is CCCCCNC(=O)c1cc(C)n(Cc2ccccn2)c1C. The van der Waals surface area contributed by atoms with Crippen molar-refractivity contribution < 1.29 is 4.79 Å². The van der Waals surface area contributed by atoms with Crippen LogP contribution in [0.3, 0.4) is 0 Å². The number of carbonyl (C=O) groups excluding carboxylic acids is 1. The molecule has 2 aromatic heterocycles. The van der Waals surface area contributed by atoms with E-state index < -0.39 is 0 Å². The van der Waals surface area contributed by atoms with Gasteiger partial charge in [0, 0.05) is 24.1 Å². The molecular weight excluding hydrogens is 274 g/mol. The van der Waals surface area contributed by atoms with Crippen LogP contribution in [0.4, 0.5) is 0 Å². The van der Waals surface area contributed by atoms with Gasteiger partial charge >= 0.3 is 0 Å². The molecule has 4 nitrogen and oxygen atoms in total. The molecule has 0 aromatic carbocycles. The van der Waals surface area contributed by atoms with E-state index in [1.54, 1.807) is 6.20 Å². The highest BCUT2D eigenvalue weighted by atomic mass is 16.1. The Balaban J connectivity index is 2.08. The molecule has 0 spiro atoms. The van der Waals surface area contributed by atoms with Crippen molar-refractivity contribution in [3.8, 4) is 0 Å². The van der Waals surface area contributed by atoms with Gasteiger partial charge < -0.3 is 9.88 Å². The minimum atomic E-state index is 0.0245. The Hall–Kier alpha value is -2.10. The van der Waals surface area contributed by atoms with E-state index in [2.05, 4.69) is 21.8 Å². The molecule has 118 valence electrons. The summed E-state index contributed by atoms with van der Waals surface area (Å²) in [5.41, 5.74) is 3.85. The van der Waals surface area contributed by atoms with Crippen LogP contribution < -0.4 is 5.32 Å². The van der Waals surface area contributed by atoms with E-state index in [9.17, 15) is 4.79 Å². The first kappa shape index (κ1) is 16.3. The molecule has 0 aliphatic heterocycles. The van der Waals surface area contributed by atoms with Crippen molar-refractivity contribution in [1.82, 2.24) is 14.9 Å². The third kappa shape index (κ3) is 3.97. The molecule has 0 radical (unpaired) electrons. The summed E-state index contributed by atoms with van der Waals surface area (Å²) in [6.07, 6.45) is 5.15. The van der Waals surface area contributed by atoms with Gasteiger partial charge in [0.05, 0.1) is 17.8 Å². The van der Waals surface area contributed by atoms with Crippen LogP contribution in [-0.4, -0.2) is 22.0 Å². The summed E-state index contributed by atoms with van der Waals surface area (Å²) >= 11 is 0. The lowest BCUT2D eigenvalue weighted by Gasteiger charge is -2.09. The van der Waals surface area contributed by atoms with Gasteiger partial charge in [-0.15, -0.1) is 0 Å². The molecule has 0 atom stereocenters. The summed E-state index contributed by atoms with van der Waals surface area (Å²) in [6, 6.07) is 7.86. The second kappa shape index (κ2) is 7.78. The van der Waals surface area contributed by atoms with Crippen LogP contribution in [0.15, 0.2) is 30.5 Å². The number of hydrogen-bond acceptors (Lipinski definition) is 2. The van der Waals surface area contributed by atoms with E-state index in [-0.39, 0.29) is 5.91 Å². The molecule has 0 saturated heterocycles. The van der Waals surface area contributed by atoms with E-state index in [0.29, 0.717) is 6.54 Å². The lowest BCUT2D eigenvalue weighted by Crippen LogP contribution is -2.25. The summed E-state index contributed by atoms with van der Waals surface area (Å²) < 4.78 is 2.14. The third-order valence-electron chi connectivity index (χ3n) is 3.93. The van der Waals surface area contributed by atoms with Gasteiger partial charge in [0.15, 0.2) is 0 Å². The van der Waals surface area contributed by atoms with Gasteiger partial charge in [-0.25, -0.2) is 0 Å². The number of pyridine rings is 1. The number of hydrogen-bond donors (Lipinski definition) is 1. The van der Waals surface area contributed by atoms with Crippen molar-refractivity contribution in [2.75, 3.05) is 6.54 Å². The van der Waals surface area contributed by atoms with Gasteiger partial charge in [0.1, 0.15) is 0 Å². The highest BCUT2D eigenvalue weighted by Crippen LogP contribution is 2.16. The van der Waals surface area contributed by atoms with Gasteiger partial charge in [0.2, 0.25) is 0 Å². The molecular formula is C18H25N3O. The summed E-state index contributed by atoms with van der Waals surface area (Å²) in [7, 11) is 0. The molecule has 0 saturated carbocycles. The van der Waals surface area contributed by atoms with Gasteiger partial charge in [-0.3, -0.25) is 9.78 Å². The zero-order valence-corrected chi connectivity index (χ0v) is 13.7. The lowest BCUT2D eigenvalue weighted by atomic mass is 10.2. The number of amides is 1. The standard InChI is InChI=1S/C18H25N3O/c1-4-5-7-11-20-18(22)17-12-14(2)21(15(17)3)13-16-9-6-8-10-19-16/h6,8-10,12H,4-5,7,11,13H2,1-3H3,(H,20,22). The van der Waals surface area contributed by atoms with Crippen molar-refractivity contribution in [1.29, 1.82) is 0 Å². The maximum absolute atomic E-state index is 12.3. The third-order valence-corrected chi connectivity index (χ3v) is 3.93. The predicted octanol–water partition coefficient (Wildman–Crippen LogP) is 3.47. The average molecular weight is 299 g/mol. The largest absolute Gasteiger partial charge is 0.352 e. The quantitative estimate of drug-likeness (QED) is 0.796. The van der Waals surface area contributed by atoms with E-state index in [0.717, 1.165) is 48.5 Å². The maximum Gasteiger partial charge on any atom is 0.253 e. The summed E-state index contributed by atoms with van der Waals surface area (Å²) in [6.45, 7) is 7.63. The first-order valence-electron chi connectivity index (χ1n) is 7.98. The van der Waals surface area contributed by atoms with Crippen molar-refractivity contribution in [2.45, 2.75) is 46.6 Å². The number of rotatable bonds is 7. The van der Waals surface area contributed by atoms with Crippen LogP contribution in [0.5, 0.6) is 0 Å². The Labute approximate surface area is 132 Å². The van der Waals surface area contributed by atoms with Crippen LogP contribution in [0.25, 0.3) is 0 Å². The van der Waals surface area contributed by atoms with Crippen LogP contribution in [0.1, 0.15) is 53.6 Å². The van der Waals surface area contributed by atoms with E-state index >= 15 is 0 Å². The van der Waals surface area contributed by atoms with Crippen molar-refractivity contribution in [3.05, 3.63) is 53.1 Å². The summed E-state index contributed by atoms with van der Waals surface area (Å²) in [5, 5.41) is 3.01. The monoisotopic (exact) mass is 299 g/mol. The highest BCUT2D eigenvalue weighted by Gasteiger charge is 2.15. The number of carbonyl (C=O) groups is 1. The molecule has 0 bridgehead atoms. The van der Waals surface area contributed by atoms with Crippen molar-refractivity contribution >= 4 is 5.91 Å². The summed E-state index contributed by atoms with van der Waals surface area (Å²) in [4.78, 5) is 16.7. The molecule has 2 rings (SSSR count). The molecule has 1 amide bonds. The van der Waals surface area contributed by atoms with Crippen molar-refractivity contribution in [3.63, 3.8) is 0 Å². The van der Waals surface area contributed by atoms with E-state index in [4.69, 9.17) is 0 Å². The second-order valence-electron chi connectivity index (χ2n) is 5.66. The summed E-state index contributed by atoms with van der Waals surface area (Å²) in [5.74, 6) is 0.0245. The fraction of sp³-hybridized carbons (Fsp3) is 0.444. The molecule has 2 aromatic rings. The van der Waals surface area contributed by atoms with Gasteiger partial charge in [-0.2, -0.15) is 0 Å². The molecule has 0 aliphatic rings. The zero-order chi connectivity index (χ0) is 15.9. The predicted molar refractivity (Wildman–Crippen MR) is 89.1 cm³/mol. The number of aromatic nitrogens is 2. The first-order valence-corrected chi connectivity index (χ1v) is 7.98. The van der Waals surface area contributed by atoms with E-state index in [1.165, 1.54) is 0 Å². The van der Waals surface area contributed by atoms with Gasteiger partial charge in [-0.05, 0) is 38.5 Å².